The molecule has 0 saturated carbocycles. The van der Waals surface area contributed by atoms with Crippen molar-refractivity contribution in [2.45, 2.75) is 6.10 Å². The second kappa shape index (κ2) is 6.83. The minimum absolute atomic E-state index is 0. The van der Waals surface area contributed by atoms with E-state index in [1.54, 1.807) is 48.5 Å². The van der Waals surface area contributed by atoms with Gasteiger partial charge in [0.25, 0.3) is 0 Å². The molecule has 0 saturated heterocycles. The van der Waals surface area contributed by atoms with Gasteiger partial charge in [-0.25, -0.2) is 0 Å². The minimum Gasteiger partial charge on any atom is -0.380 e. The Morgan fingerprint density at radius 1 is 0.895 bits per heavy atom. The quantitative estimate of drug-likeness (QED) is 0.876. The van der Waals surface area contributed by atoms with Gasteiger partial charge in [0.05, 0.1) is 5.56 Å². The number of benzene rings is 1. The second-order valence-corrected chi connectivity index (χ2v) is 3.87. The van der Waals surface area contributed by atoms with E-state index >= 15 is 0 Å². The molecule has 1 unspecified atom stereocenters. The summed E-state index contributed by atoms with van der Waals surface area (Å²) in [6, 6.07) is 16.1. The fourth-order valence-electron chi connectivity index (χ4n) is 1.67. The van der Waals surface area contributed by atoms with Crippen LogP contribution in [-0.2, 0) is 0 Å². The molecule has 0 fully saturated rings. The Kier molecular flexibility index (Phi) is 5.42. The van der Waals surface area contributed by atoms with Crippen LogP contribution in [0.4, 0.5) is 0 Å². The summed E-state index contributed by atoms with van der Waals surface area (Å²) >= 11 is 0. The van der Waals surface area contributed by atoms with E-state index in [4.69, 9.17) is 0 Å². The van der Waals surface area contributed by atoms with Gasteiger partial charge in [-0.15, -0.1) is 12.4 Å². The molecule has 2 rings (SSSR count). The zero-order valence-corrected chi connectivity index (χ0v) is 10.8. The van der Waals surface area contributed by atoms with Gasteiger partial charge in [0.15, 0.2) is 11.2 Å². The maximum Gasteiger partial charge on any atom is 0.199 e. The largest absolute Gasteiger partial charge is 0.380 e. The molecule has 1 N–H and O–H groups in total. The molecule has 4 heteroatoms. The fraction of sp³-hybridized carbons (Fsp3) is 0.0667. The number of carbonyl (C=O) groups is 1. The number of ketones is 1. The molecule has 0 radical (unpaired) electrons. The third-order valence-corrected chi connectivity index (χ3v) is 2.63. The zero-order valence-electron chi connectivity index (χ0n) is 10.0. The second-order valence-electron chi connectivity index (χ2n) is 3.87. The van der Waals surface area contributed by atoms with Crippen molar-refractivity contribution < 1.29 is 9.90 Å². The number of Topliss-reactive ketones (excluding diaryl/α,β-unsaturated/α-hetero) is 1. The molecule has 3 nitrogen and oxygen atoms in total. The van der Waals surface area contributed by atoms with E-state index in [1.807, 2.05) is 0 Å². The first-order valence-corrected chi connectivity index (χ1v) is 5.57. The fourth-order valence-corrected chi connectivity index (χ4v) is 1.67. The number of halogens is 1. The first-order valence-electron chi connectivity index (χ1n) is 5.57. The van der Waals surface area contributed by atoms with Gasteiger partial charge in [-0.3, -0.25) is 9.59 Å². The smallest absolute Gasteiger partial charge is 0.199 e. The molecule has 2 aromatic rings. The third-order valence-electron chi connectivity index (χ3n) is 2.63. The van der Waals surface area contributed by atoms with E-state index in [0.29, 0.717) is 5.56 Å². The van der Waals surface area contributed by atoms with Gasteiger partial charge in [0.1, 0.15) is 6.10 Å². The highest BCUT2D eigenvalue weighted by molar-refractivity contribution is 5.99. The van der Waals surface area contributed by atoms with Crippen molar-refractivity contribution in [1.82, 2.24) is 0 Å². The van der Waals surface area contributed by atoms with Crippen LogP contribution in [0.15, 0.2) is 65.5 Å². The molecule has 98 valence electrons. The van der Waals surface area contributed by atoms with Crippen molar-refractivity contribution in [3.8, 4) is 0 Å². The number of carbonyl (C=O) groups excluding carboxylic acids is 1. The maximum absolute atomic E-state index is 12.1. The van der Waals surface area contributed by atoms with Crippen molar-refractivity contribution in [2.75, 3.05) is 0 Å². The molecule has 1 atom stereocenters. The predicted octanol–water partition coefficient (Wildman–Crippen LogP) is 2.38. The summed E-state index contributed by atoms with van der Waals surface area (Å²) in [7, 11) is 0. The van der Waals surface area contributed by atoms with Crippen LogP contribution in [0.2, 0.25) is 0 Å². The highest BCUT2D eigenvalue weighted by Gasteiger charge is 2.20. The van der Waals surface area contributed by atoms with Crippen LogP contribution >= 0.6 is 12.4 Å². The summed E-state index contributed by atoms with van der Waals surface area (Å²) < 4.78 is 0. The van der Waals surface area contributed by atoms with E-state index in [-0.39, 0.29) is 23.4 Å². The summed E-state index contributed by atoms with van der Waals surface area (Å²) in [5.41, 5.74) is 0.0877. The molecule has 0 aliphatic heterocycles. The topological polar surface area (TPSA) is 54.4 Å². The lowest BCUT2D eigenvalue weighted by Crippen LogP contribution is -2.18. The van der Waals surface area contributed by atoms with Gasteiger partial charge < -0.3 is 5.11 Å². The molecule has 0 amide bonds. The van der Waals surface area contributed by atoms with E-state index in [0.717, 1.165) is 0 Å². The van der Waals surface area contributed by atoms with Crippen LogP contribution < -0.4 is 5.43 Å². The average Bonchev–Trinajstić information content (AvgIpc) is 2.63. The van der Waals surface area contributed by atoms with Crippen molar-refractivity contribution in [3.63, 3.8) is 0 Å². The molecule has 0 aliphatic rings. The average molecular weight is 277 g/mol. The van der Waals surface area contributed by atoms with Crippen LogP contribution in [0.3, 0.4) is 0 Å². The third kappa shape index (κ3) is 3.50. The Hall–Kier alpha value is -1.97. The van der Waals surface area contributed by atoms with Gasteiger partial charge in [0, 0.05) is 0 Å². The van der Waals surface area contributed by atoms with E-state index in [9.17, 15) is 14.7 Å². The Bertz CT molecular complexity index is 611. The summed E-state index contributed by atoms with van der Waals surface area (Å²) in [6.07, 6.45) is -1.30. The van der Waals surface area contributed by atoms with Crippen molar-refractivity contribution in [2.24, 2.45) is 0 Å². The summed E-state index contributed by atoms with van der Waals surface area (Å²) in [4.78, 5) is 23.7. The van der Waals surface area contributed by atoms with Gasteiger partial charge in [-0.1, -0.05) is 48.5 Å². The van der Waals surface area contributed by atoms with Gasteiger partial charge in [-0.2, -0.15) is 0 Å². The van der Waals surface area contributed by atoms with Crippen LogP contribution in [0.25, 0.3) is 0 Å². The number of rotatable bonds is 3. The normalized spacial score (nSPS) is 11.2. The highest BCUT2D eigenvalue weighted by atomic mass is 35.5. The monoisotopic (exact) mass is 276 g/mol. The Morgan fingerprint density at radius 3 is 2.05 bits per heavy atom. The summed E-state index contributed by atoms with van der Waals surface area (Å²) in [5.74, 6) is -0.581. The first kappa shape index (κ1) is 15.1. The molecule has 0 heterocycles. The lowest BCUT2D eigenvalue weighted by Gasteiger charge is -2.08. The number of hydrogen-bond donors (Lipinski definition) is 1. The molecule has 0 aliphatic carbocycles. The molecule has 0 aromatic heterocycles. The Labute approximate surface area is 116 Å². The molecular formula is C15H13ClO3. The molecule has 0 spiro atoms. The minimum atomic E-state index is -1.30. The van der Waals surface area contributed by atoms with Crippen LogP contribution in [0.5, 0.6) is 0 Å². The molecule has 0 bridgehead atoms. The van der Waals surface area contributed by atoms with E-state index in [1.165, 1.54) is 12.1 Å². The SMILES string of the molecule is Cl.O=C(c1cccccc1=O)C(O)c1ccccc1. The number of aliphatic hydroxyl groups is 1. The van der Waals surface area contributed by atoms with E-state index in [2.05, 4.69) is 0 Å². The molecular weight excluding hydrogens is 264 g/mol. The predicted molar refractivity (Wildman–Crippen MR) is 75.7 cm³/mol. The Balaban J connectivity index is 0.00000180. The zero-order chi connectivity index (χ0) is 13.0. The molecule has 2 aromatic carbocycles. The number of aliphatic hydroxyl groups excluding tert-OH is 1. The standard InChI is InChI=1S/C15H12O3.ClH/c16-13-10-6-2-5-9-12(13)15(18)14(17)11-7-3-1-4-8-11;/h1-10,14,17H;1H. The van der Waals surface area contributed by atoms with Crippen molar-refractivity contribution in [3.05, 3.63) is 82.0 Å². The molecule has 19 heavy (non-hydrogen) atoms. The number of hydrogen-bond acceptors (Lipinski definition) is 3. The van der Waals surface area contributed by atoms with Gasteiger partial charge >= 0.3 is 0 Å². The van der Waals surface area contributed by atoms with E-state index < -0.39 is 11.9 Å². The van der Waals surface area contributed by atoms with Crippen molar-refractivity contribution in [1.29, 1.82) is 0 Å². The summed E-state index contributed by atoms with van der Waals surface area (Å²) in [6.45, 7) is 0. The highest BCUT2D eigenvalue weighted by Crippen LogP contribution is 2.16. The summed E-state index contributed by atoms with van der Waals surface area (Å²) in [5, 5.41) is 9.96. The lowest BCUT2D eigenvalue weighted by atomic mass is 10.0. The van der Waals surface area contributed by atoms with Gasteiger partial charge in [0.2, 0.25) is 0 Å². The maximum atomic E-state index is 12.1. The Morgan fingerprint density at radius 2 is 1.42 bits per heavy atom. The van der Waals surface area contributed by atoms with Crippen LogP contribution in [-0.4, -0.2) is 10.9 Å². The van der Waals surface area contributed by atoms with Crippen molar-refractivity contribution >= 4 is 18.2 Å². The van der Waals surface area contributed by atoms with Crippen LogP contribution in [0, 0.1) is 0 Å². The van der Waals surface area contributed by atoms with Crippen LogP contribution in [0.1, 0.15) is 22.0 Å². The lowest BCUT2D eigenvalue weighted by molar-refractivity contribution is 0.0746. The first-order chi connectivity index (χ1) is 8.70. The van der Waals surface area contributed by atoms with Gasteiger partial charge in [-0.05, 0) is 17.7 Å².